The highest BCUT2D eigenvalue weighted by molar-refractivity contribution is 5.72. The normalized spacial score (nSPS) is 9.62. The molecule has 12 N–H and O–H groups in total. The van der Waals surface area contributed by atoms with Crippen LogP contribution in [0.5, 0.6) is 0 Å². The van der Waals surface area contributed by atoms with Gasteiger partial charge in [-0.25, -0.2) is 0 Å². The summed E-state index contributed by atoms with van der Waals surface area (Å²) in [6.07, 6.45) is -0.500. The topological polar surface area (TPSA) is 211 Å². The van der Waals surface area contributed by atoms with E-state index in [1.54, 1.807) is 0 Å². The van der Waals surface area contributed by atoms with Crippen molar-refractivity contribution in [2.45, 2.75) is 18.9 Å². The van der Waals surface area contributed by atoms with E-state index < -0.39 is 18.0 Å². The molecule has 0 spiro atoms. The average Bonchev–Trinajstić information content (AvgIpc) is 1.82. The minimum absolute atomic E-state index is 0. The lowest BCUT2D eigenvalue weighted by molar-refractivity contribution is -0.309. The summed E-state index contributed by atoms with van der Waals surface area (Å²) in [5.74, 6) is -2.75. The highest BCUT2D eigenvalue weighted by Crippen LogP contribution is 1.90. The van der Waals surface area contributed by atoms with Crippen LogP contribution in [0.4, 0.5) is 0 Å². The second-order valence-electron chi connectivity index (χ2n) is 1.84. The van der Waals surface area contributed by atoms with E-state index in [9.17, 15) is 19.8 Å². The van der Waals surface area contributed by atoms with E-state index in [1.807, 2.05) is 0 Å². The molecule has 0 aliphatic carbocycles. The zero-order valence-electron chi connectivity index (χ0n) is 7.70. The van der Waals surface area contributed by atoms with E-state index in [0.29, 0.717) is 0 Å². The number of aliphatic carboxylic acids is 2. The maximum absolute atomic E-state index is 9.86. The van der Waals surface area contributed by atoms with Gasteiger partial charge in [0.05, 0.1) is 5.97 Å². The summed E-state index contributed by atoms with van der Waals surface area (Å²) in [4.78, 5) is 19.6. The lowest BCUT2D eigenvalue weighted by atomic mass is 10.2. The van der Waals surface area contributed by atoms with Crippen LogP contribution in [0.15, 0.2) is 0 Å². The SMILES string of the molecule is N[C@@H](CCC(=O)[O-])C(=O)[O-].O.[NH4+].[NH4+]. The van der Waals surface area contributed by atoms with E-state index >= 15 is 0 Å². The number of quaternary nitrogens is 2. The quantitative estimate of drug-likeness (QED) is 0.419. The Hall–Kier alpha value is -1.22. The van der Waals surface area contributed by atoms with Gasteiger partial charge in [0.2, 0.25) is 0 Å². The van der Waals surface area contributed by atoms with E-state index in [4.69, 9.17) is 5.73 Å². The van der Waals surface area contributed by atoms with Crippen LogP contribution in [0.25, 0.3) is 0 Å². The lowest BCUT2D eigenvalue weighted by Gasteiger charge is -2.11. The summed E-state index contributed by atoms with van der Waals surface area (Å²) in [7, 11) is 0. The van der Waals surface area contributed by atoms with Crippen molar-refractivity contribution in [3.63, 3.8) is 0 Å². The number of nitrogens with two attached hydrogens (primary N) is 1. The van der Waals surface area contributed by atoms with Gasteiger partial charge in [-0.05, 0) is 12.8 Å². The molecule has 8 nitrogen and oxygen atoms in total. The molecule has 0 radical (unpaired) electrons. The van der Waals surface area contributed by atoms with Crippen molar-refractivity contribution >= 4 is 11.9 Å². The van der Waals surface area contributed by atoms with E-state index in [0.717, 1.165) is 0 Å². The van der Waals surface area contributed by atoms with Crippen LogP contribution in [0, 0.1) is 0 Å². The van der Waals surface area contributed by atoms with Crippen LogP contribution in [-0.2, 0) is 9.59 Å². The standard InChI is InChI=1S/C5H9NO4.2H3N.H2O/c6-3(5(9)10)1-2-4(7)8;;;/h3H,1-2,6H2,(H,7,8)(H,9,10);2*1H3;1H2/t3-;;;/m0.../s1. The summed E-state index contributed by atoms with van der Waals surface area (Å²) in [5, 5.41) is 19.6. The number of rotatable bonds is 4. The maximum atomic E-state index is 9.86. The molecule has 0 aromatic carbocycles. The molecule has 0 bridgehead atoms. The van der Waals surface area contributed by atoms with Crippen LogP contribution >= 0.6 is 0 Å². The molecule has 0 aliphatic heterocycles. The van der Waals surface area contributed by atoms with Gasteiger partial charge in [0, 0.05) is 12.0 Å². The maximum Gasteiger partial charge on any atom is 0.0582 e. The predicted molar refractivity (Wildman–Crippen MR) is 42.8 cm³/mol. The van der Waals surface area contributed by atoms with Gasteiger partial charge in [-0.15, -0.1) is 0 Å². The van der Waals surface area contributed by atoms with Crippen LogP contribution in [-0.4, -0.2) is 23.5 Å². The van der Waals surface area contributed by atoms with Gasteiger partial charge in [0.25, 0.3) is 0 Å². The van der Waals surface area contributed by atoms with E-state index in [-0.39, 0.29) is 30.6 Å². The zero-order chi connectivity index (χ0) is 8.15. The Kier molecular flexibility index (Phi) is 18.8. The average molecular weight is 199 g/mol. The van der Waals surface area contributed by atoms with Gasteiger partial charge in [0.15, 0.2) is 0 Å². The zero-order valence-corrected chi connectivity index (χ0v) is 7.70. The molecule has 0 saturated heterocycles. The van der Waals surface area contributed by atoms with Gasteiger partial charge in [-0.3, -0.25) is 0 Å². The molecule has 1 atom stereocenters. The molecule has 13 heavy (non-hydrogen) atoms. The van der Waals surface area contributed by atoms with Crippen molar-refractivity contribution in [1.29, 1.82) is 0 Å². The van der Waals surface area contributed by atoms with Crippen molar-refractivity contribution in [2.75, 3.05) is 0 Å². The third-order valence-electron chi connectivity index (χ3n) is 0.962. The summed E-state index contributed by atoms with van der Waals surface area (Å²) >= 11 is 0. The molecular formula is C5H17N3O5. The first-order chi connectivity index (χ1) is 4.54. The highest BCUT2D eigenvalue weighted by atomic mass is 16.4. The molecule has 0 aromatic rings. The van der Waals surface area contributed by atoms with Crippen molar-refractivity contribution in [1.82, 2.24) is 12.3 Å². The fraction of sp³-hybridized carbons (Fsp3) is 0.600. The Morgan fingerprint density at radius 1 is 1.23 bits per heavy atom. The molecule has 0 aromatic heterocycles. The Bertz CT molecular complexity index is 151. The summed E-state index contributed by atoms with van der Waals surface area (Å²) < 4.78 is 0. The predicted octanol–water partition coefficient (Wildman–Crippen LogP) is -3.48. The monoisotopic (exact) mass is 199 g/mol. The third-order valence-corrected chi connectivity index (χ3v) is 0.962. The van der Waals surface area contributed by atoms with Crippen molar-refractivity contribution in [3.05, 3.63) is 0 Å². The van der Waals surface area contributed by atoms with Gasteiger partial charge in [0.1, 0.15) is 0 Å². The van der Waals surface area contributed by atoms with E-state index in [2.05, 4.69) is 0 Å². The number of carbonyl (C=O) groups is 2. The minimum atomic E-state index is -1.44. The molecule has 0 aliphatic rings. The number of hydrogen-bond donors (Lipinski definition) is 3. The van der Waals surface area contributed by atoms with Crippen LogP contribution < -0.4 is 28.2 Å². The molecule has 0 fully saturated rings. The second-order valence-corrected chi connectivity index (χ2v) is 1.84. The highest BCUT2D eigenvalue weighted by Gasteiger charge is 2.01. The second kappa shape index (κ2) is 10.8. The molecule has 0 unspecified atom stereocenters. The first-order valence-corrected chi connectivity index (χ1v) is 2.70. The van der Waals surface area contributed by atoms with Gasteiger partial charge in [-0.1, -0.05) is 0 Å². The molecule has 0 heterocycles. The summed E-state index contributed by atoms with van der Waals surface area (Å²) in [6, 6.07) is -1.21. The first kappa shape index (κ1) is 22.6. The number of carboxylic acids is 2. The third kappa shape index (κ3) is 13.7. The number of hydrogen-bond acceptors (Lipinski definition) is 5. The summed E-state index contributed by atoms with van der Waals surface area (Å²) in [5.41, 5.74) is 4.91. The molecule has 0 amide bonds. The van der Waals surface area contributed by atoms with E-state index in [1.165, 1.54) is 0 Å². The fourth-order valence-corrected chi connectivity index (χ4v) is 0.391. The molecule has 82 valence electrons. The van der Waals surface area contributed by atoms with Crippen LogP contribution in [0.3, 0.4) is 0 Å². The largest absolute Gasteiger partial charge is 0.550 e. The molecule has 0 saturated carbocycles. The van der Waals surface area contributed by atoms with Gasteiger partial charge < -0.3 is 43.3 Å². The van der Waals surface area contributed by atoms with Gasteiger partial charge in [-0.2, -0.15) is 0 Å². The Labute approximate surface area is 75.2 Å². The fourth-order valence-electron chi connectivity index (χ4n) is 0.391. The Balaban J connectivity index is -0.000000135. The van der Waals surface area contributed by atoms with Crippen LogP contribution in [0.2, 0.25) is 0 Å². The van der Waals surface area contributed by atoms with Crippen molar-refractivity contribution < 1.29 is 25.3 Å². The van der Waals surface area contributed by atoms with Crippen molar-refractivity contribution in [2.24, 2.45) is 5.73 Å². The first-order valence-electron chi connectivity index (χ1n) is 2.70. The smallest absolute Gasteiger partial charge is 0.0582 e. The van der Waals surface area contributed by atoms with Gasteiger partial charge >= 0.3 is 0 Å². The molecule has 0 rings (SSSR count). The van der Waals surface area contributed by atoms with Crippen LogP contribution in [0.1, 0.15) is 12.8 Å². The molecular weight excluding hydrogens is 182 g/mol. The lowest BCUT2D eigenvalue weighted by Crippen LogP contribution is -2.42. The molecule has 8 heteroatoms. The Morgan fingerprint density at radius 2 is 1.62 bits per heavy atom. The number of carbonyl (C=O) groups excluding carboxylic acids is 2. The van der Waals surface area contributed by atoms with Crippen molar-refractivity contribution in [3.8, 4) is 0 Å². The number of carboxylic acid groups (broad SMARTS) is 2. The Morgan fingerprint density at radius 3 is 1.85 bits per heavy atom. The summed E-state index contributed by atoms with van der Waals surface area (Å²) in [6.45, 7) is 0. The minimum Gasteiger partial charge on any atom is -0.550 e.